The molecule has 2 aromatic rings. The van der Waals surface area contributed by atoms with Gasteiger partial charge in [0.05, 0.1) is 18.9 Å². The fourth-order valence-electron chi connectivity index (χ4n) is 2.53. The lowest BCUT2D eigenvalue weighted by Gasteiger charge is -2.27. The van der Waals surface area contributed by atoms with E-state index in [1.165, 1.54) is 7.11 Å². The number of ether oxygens (including phenoxy) is 2. The summed E-state index contributed by atoms with van der Waals surface area (Å²) in [7, 11) is -3.82. The van der Waals surface area contributed by atoms with Crippen LogP contribution >= 0.6 is 0 Å². The zero-order valence-corrected chi connectivity index (χ0v) is 15.2. The van der Waals surface area contributed by atoms with Crippen LogP contribution in [0.15, 0.2) is 23.1 Å². The van der Waals surface area contributed by atoms with Gasteiger partial charge in [-0.3, -0.25) is 4.72 Å². The number of hydrogen-bond donors (Lipinski definition) is 1. The fraction of sp³-hybridized carbons (Fsp3) is 0.294. The molecule has 3 rings (SSSR count). The maximum atomic E-state index is 14.3. The van der Waals surface area contributed by atoms with Crippen LogP contribution in [-0.4, -0.2) is 21.6 Å². The molecule has 0 spiro atoms. The minimum atomic E-state index is -5.01. The van der Waals surface area contributed by atoms with Gasteiger partial charge in [0.15, 0.2) is 33.8 Å². The summed E-state index contributed by atoms with van der Waals surface area (Å²) < 4.78 is 106. The molecule has 1 saturated carbocycles. The van der Waals surface area contributed by atoms with Crippen LogP contribution in [0.1, 0.15) is 19.3 Å². The lowest BCUT2D eigenvalue weighted by Crippen LogP contribution is -2.27. The first-order valence-electron chi connectivity index (χ1n) is 8.04. The molecule has 0 atom stereocenters. The molecule has 152 valence electrons. The van der Waals surface area contributed by atoms with Crippen LogP contribution < -0.4 is 14.2 Å². The molecule has 1 aliphatic rings. The normalized spacial score (nSPS) is 14.5. The molecule has 1 N–H and O–H groups in total. The molecule has 0 aliphatic heterocycles. The van der Waals surface area contributed by atoms with E-state index in [1.54, 1.807) is 4.72 Å². The van der Waals surface area contributed by atoms with Gasteiger partial charge in [0, 0.05) is 6.07 Å². The second kappa shape index (κ2) is 7.46. The zero-order valence-electron chi connectivity index (χ0n) is 14.4. The summed E-state index contributed by atoms with van der Waals surface area (Å²) in [6.07, 6.45) is 0.864. The summed E-state index contributed by atoms with van der Waals surface area (Å²) in [6.45, 7) is 0. The molecule has 0 heterocycles. The maximum Gasteiger partial charge on any atom is 0.268 e. The second-order valence-corrected chi connectivity index (χ2v) is 7.66. The maximum absolute atomic E-state index is 14.3. The average Bonchev–Trinajstić information content (AvgIpc) is 2.59. The number of methoxy groups -OCH3 is 1. The third-order valence-corrected chi connectivity index (χ3v) is 5.60. The number of halogens is 5. The Labute approximate surface area is 157 Å². The van der Waals surface area contributed by atoms with Crippen molar-refractivity contribution in [3.05, 3.63) is 47.3 Å². The lowest BCUT2D eigenvalue weighted by atomic mass is 9.96. The zero-order chi connectivity index (χ0) is 20.6. The van der Waals surface area contributed by atoms with E-state index in [2.05, 4.69) is 4.74 Å². The Kier molecular flexibility index (Phi) is 5.37. The third kappa shape index (κ3) is 3.58. The highest BCUT2D eigenvalue weighted by molar-refractivity contribution is 7.92. The Morgan fingerprint density at radius 1 is 1.00 bits per heavy atom. The number of sulfonamides is 1. The van der Waals surface area contributed by atoms with Gasteiger partial charge in [-0.25, -0.2) is 26.0 Å². The van der Waals surface area contributed by atoms with Crippen LogP contribution in [0.3, 0.4) is 0 Å². The van der Waals surface area contributed by atoms with Crippen molar-refractivity contribution in [3.63, 3.8) is 0 Å². The number of benzene rings is 2. The van der Waals surface area contributed by atoms with Crippen molar-refractivity contribution < 1.29 is 39.8 Å². The monoisotopic (exact) mass is 423 g/mol. The number of rotatable bonds is 6. The average molecular weight is 423 g/mol. The van der Waals surface area contributed by atoms with Gasteiger partial charge < -0.3 is 9.47 Å². The van der Waals surface area contributed by atoms with Gasteiger partial charge in [-0.15, -0.1) is 0 Å². The molecule has 0 unspecified atom stereocenters. The third-order valence-electron chi connectivity index (χ3n) is 4.19. The molecule has 2 aromatic carbocycles. The van der Waals surface area contributed by atoms with Crippen LogP contribution in [0.5, 0.6) is 11.5 Å². The molecule has 0 bridgehead atoms. The van der Waals surface area contributed by atoms with Crippen molar-refractivity contribution in [2.75, 3.05) is 11.8 Å². The number of hydrogen-bond acceptors (Lipinski definition) is 4. The summed E-state index contributed by atoms with van der Waals surface area (Å²) in [4.78, 5) is -1.54. The Morgan fingerprint density at radius 3 is 2.18 bits per heavy atom. The number of nitrogens with one attached hydrogen (secondary N) is 1. The first-order chi connectivity index (χ1) is 13.2. The SMILES string of the molecule is COc1ccc(NS(=O)(=O)c2c(F)c(F)c(F)c(F)c2OC2CCC2)cc1F. The summed E-state index contributed by atoms with van der Waals surface area (Å²) >= 11 is 0. The summed E-state index contributed by atoms with van der Waals surface area (Å²) in [6, 6.07) is 2.89. The van der Waals surface area contributed by atoms with E-state index in [1.807, 2.05) is 0 Å². The second-order valence-electron chi connectivity index (χ2n) is 6.04. The largest absolute Gasteiger partial charge is 0.494 e. The quantitative estimate of drug-likeness (QED) is 0.431. The van der Waals surface area contributed by atoms with E-state index < -0.39 is 55.9 Å². The molecule has 1 fully saturated rings. The molecule has 0 aromatic heterocycles. The van der Waals surface area contributed by atoms with Gasteiger partial charge in [-0.05, 0) is 31.4 Å². The minimum absolute atomic E-state index is 0.193. The summed E-state index contributed by atoms with van der Waals surface area (Å²) in [5, 5.41) is 0. The van der Waals surface area contributed by atoms with Crippen molar-refractivity contribution >= 4 is 15.7 Å². The molecule has 28 heavy (non-hydrogen) atoms. The molecule has 5 nitrogen and oxygen atoms in total. The van der Waals surface area contributed by atoms with Gasteiger partial charge in [-0.1, -0.05) is 0 Å². The van der Waals surface area contributed by atoms with Gasteiger partial charge in [0.25, 0.3) is 10.0 Å². The highest BCUT2D eigenvalue weighted by Gasteiger charge is 2.36. The molecule has 1 aliphatic carbocycles. The van der Waals surface area contributed by atoms with Crippen LogP contribution in [0, 0.1) is 29.1 Å². The van der Waals surface area contributed by atoms with Crippen LogP contribution in [0.25, 0.3) is 0 Å². The Morgan fingerprint density at radius 2 is 1.64 bits per heavy atom. The highest BCUT2D eigenvalue weighted by atomic mass is 32.2. The molecular formula is C17H14F5NO4S. The molecule has 11 heteroatoms. The minimum Gasteiger partial charge on any atom is -0.494 e. The summed E-state index contributed by atoms with van der Waals surface area (Å²) in [5.41, 5.74) is -0.377. The predicted molar refractivity (Wildman–Crippen MR) is 88.3 cm³/mol. The van der Waals surface area contributed by atoms with Crippen LogP contribution in [0.2, 0.25) is 0 Å². The van der Waals surface area contributed by atoms with Crippen LogP contribution in [-0.2, 0) is 10.0 Å². The van der Waals surface area contributed by atoms with E-state index in [9.17, 15) is 30.4 Å². The van der Waals surface area contributed by atoms with E-state index in [-0.39, 0.29) is 11.4 Å². The Hall–Kier alpha value is -2.56. The molecule has 0 radical (unpaired) electrons. The lowest BCUT2D eigenvalue weighted by molar-refractivity contribution is 0.108. The van der Waals surface area contributed by atoms with Crippen molar-refractivity contribution in [2.24, 2.45) is 0 Å². The van der Waals surface area contributed by atoms with Crippen molar-refractivity contribution in [2.45, 2.75) is 30.3 Å². The Balaban J connectivity index is 2.08. The smallest absolute Gasteiger partial charge is 0.268 e. The van der Waals surface area contributed by atoms with E-state index in [0.29, 0.717) is 19.3 Å². The van der Waals surface area contributed by atoms with Crippen molar-refractivity contribution in [3.8, 4) is 11.5 Å². The Bertz CT molecular complexity index is 1020. The fourth-order valence-corrected chi connectivity index (χ4v) is 3.77. The van der Waals surface area contributed by atoms with Crippen molar-refractivity contribution in [1.29, 1.82) is 0 Å². The standard InChI is InChI=1S/C17H14F5NO4S/c1-26-11-6-5-8(7-10(11)18)23-28(24,25)17-15(22)13(20)12(19)14(21)16(17)27-9-3-2-4-9/h5-7,9,23H,2-4H2,1H3. The van der Waals surface area contributed by atoms with E-state index >= 15 is 0 Å². The molecule has 0 amide bonds. The van der Waals surface area contributed by atoms with Gasteiger partial charge in [-0.2, -0.15) is 4.39 Å². The van der Waals surface area contributed by atoms with Crippen LogP contribution in [0.4, 0.5) is 27.6 Å². The summed E-state index contributed by atoms with van der Waals surface area (Å²) in [5.74, 6) is -11.0. The van der Waals surface area contributed by atoms with E-state index in [0.717, 1.165) is 18.2 Å². The van der Waals surface area contributed by atoms with Gasteiger partial charge in [0.1, 0.15) is 0 Å². The predicted octanol–water partition coefficient (Wildman–Crippen LogP) is 4.12. The van der Waals surface area contributed by atoms with E-state index in [4.69, 9.17) is 4.74 Å². The van der Waals surface area contributed by atoms with Gasteiger partial charge in [0.2, 0.25) is 11.6 Å². The first kappa shape index (κ1) is 20.2. The highest BCUT2D eigenvalue weighted by Crippen LogP contribution is 2.38. The van der Waals surface area contributed by atoms with Gasteiger partial charge >= 0.3 is 0 Å². The number of anilines is 1. The topological polar surface area (TPSA) is 64.6 Å². The molecular weight excluding hydrogens is 409 g/mol. The van der Waals surface area contributed by atoms with Crippen molar-refractivity contribution in [1.82, 2.24) is 0 Å². The molecule has 0 saturated heterocycles. The first-order valence-corrected chi connectivity index (χ1v) is 9.53.